The van der Waals surface area contributed by atoms with Crippen LogP contribution in [-0.4, -0.2) is 37.9 Å². The molecule has 20 heavy (non-hydrogen) atoms. The lowest BCUT2D eigenvalue weighted by Gasteiger charge is -2.22. The van der Waals surface area contributed by atoms with Crippen LogP contribution < -0.4 is 5.32 Å². The fourth-order valence-corrected chi connectivity index (χ4v) is 2.25. The van der Waals surface area contributed by atoms with Crippen LogP contribution in [0.4, 0.5) is 0 Å². The molecular formula is C14H19N3O3. The predicted octanol–water partition coefficient (Wildman–Crippen LogP) is 1.08. The molecule has 0 aliphatic rings. The van der Waals surface area contributed by atoms with E-state index < -0.39 is 0 Å². The van der Waals surface area contributed by atoms with Gasteiger partial charge in [0.1, 0.15) is 11.5 Å². The van der Waals surface area contributed by atoms with E-state index in [-0.39, 0.29) is 30.2 Å². The Hall–Kier alpha value is -2.05. The van der Waals surface area contributed by atoms with Crippen molar-refractivity contribution in [1.82, 2.24) is 15.3 Å². The Kier molecular flexibility index (Phi) is 4.60. The maximum atomic E-state index is 9.82. The molecular weight excluding hydrogens is 258 g/mol. The largest absolute Gasteiger partial charge is 0.507 e. The van der Waals surface area contributed by atoms with Gasteiger partial charge in [0.2, 0.25) is 0 Å². The first-order chi connectivity index (χ1) is 9.61. The fourth-order valence-electron chi connectivity index (χ4n) is 2.25. The Morgan fingerprint density at radius 1 is 1.30 bits per heavy atom. The molecule has 2 rings (SSSR count). The van der Waals surface area contributed by atoms with Crippen LogP contribution in [0.15, 0.2) is 30.7 Å². The zero-order chi connectivity index (χ0) is 14.5. The lowest BCUT2D eigenvalue weighted by atomic mass is 10.0. The molecule has 0 amide bonds. The number of hydrogen-bond acceptors (Lipinski definition) is 5. The topological polar surface area (TPSA) is 101 Å². The lowest BCUT2D eigenvalue weighted by molar-refractivity contribution is 0.230. The van der Waals surface area contributed by atoms with Gasteiger partial charge in [-0.2, -0.15) is 0 Å². The summed E-state index contributed by atoms with van der Waals surface area (Å²) in [5, 5.41) is 32.3. The minimum absolute atomic E-state index is 0.0291. The van der Waals surface area contributed by atoms with Gasteiger partial charge in [0.15, 0.2) is 0 Å². The Bertz CT molecular complexity index is 522. The molecule has 1 aromatic carbocycles. The summed E-state index contributed by atoms with van der Waals surface area (Å²) in [4.78, 5) is 6.98. The van der Waals surface area contributed by atoms with Gasteiger partial charge in [-0.15, -0.1) is 0 Å². The highest BCUT2D eigenvalue weighted by atomic mass is 16.3. The van der Waals surface area contributed by atoms with Crippen LogP contribution in [0.5, 0.6) is 11.5 Å². The standard InChI is InChI=1S/C14H19N3O3/c1-9(14-12(19)3-2-4-13(14)20)17-11(7-18)5-10-6-15-8-16-10/h2-4,6,8-9,11,17-20H,5,7H2,1H3,(H,15,16). The van der Waals surface area contributed by atoms with Crippen LogP contribution in [0.1, 0.15) is 24.2 Å². The quantitative estimate of drug-likeness (QED) is 0.544. The highest BCUT2D eigenvalue weighted by Gasteiger charge is 2.19. The van der Waals surface area contributed by atoms with E-state index >= 15 is 0 Å². The molecule has 0 fully saturated rings. The second-order valence-corrected chi connectivity index (χ2v) is 4.74. The van der Waals surface area contributed by atoms with E-state index in [0.29, 0.717) is 12.0 Å². The van der Waals surface area contributed by atoms with Gasteiger partial charge >= 0.3 is 0 Å². The number of aliphatic hydroxyl groups is 1. The molecule has 0 saturated heterocycles. The van der Waals surface area contributed by atoms with Crippen molar-refractivity contribution >= 4 is 0 Å². The molecule has 0 bridgehead atoms. The van der Waals surface area contributed by atoms with Gasteiger partial charge in [0, 0.05) is 24.7 Å². The molecule has 1 aromatic heterocycles. The van der Waals surface area contributed by atoms with Crippen LogP contribution in [0.2, 0.25) is 0 Å². The summed E-state index contributed by atoms with van der Waals surface area (Å²) in [6, 6.07) is 4.11. The first-order valence-electron chi connectivity index (χ1n) is 6.47. The van der Waals surface area contributed by atoms with E-state index in [1.54, 1.807) is 18.6 Å². The van der Waals surface area contributed by atoms with Crippen molar-refractivity contribution in [3.05, 3.63) is 42.0 Å². The van der Waals surface area contributed by atoms with E-state index in [1.807, 2.05) is 6.92 Å². The average molecular weight is 277 g/mol. The Morgan fingerprint density at radius 2 is 2.00 bits per heavy atom. The highest BCUT2D eigenvalue weighted by Crippen LogP contribution is 2.32. The molecule has 1 heterocycles. The number of benzene rings is 1. The van der Waals surface area contributed by atoms with Crippen LogP contribution in [0.25, 0.3) is 0 Å². The van der Waals surface area contributed by atoms with E-state index in [4.69, 9.17) is 0 Å². The average Bonchev–Trinajstić information content (AvgIpc) is 2.90. The van der Waals surface area contributed by atoms with Crippen LogP contribution in [-0.2, 0) is 6.42 Å². The number of phenols is 2. The van der Waals surface area contributed by atoms with E-state index in [9.17, 15) is 15.3 Å². The minimum atomic E-state index is -0.299. The molecule has 6 heteroatoms. The van der Waals surface area contributed by atoms with Crippen molar-refractivity contribution in [2.24, 2.45) is 0 Å². The van der Waals surface area contributed by atoms with Crippen molar-refractivity contribution in [1.29, 1.82) is 0 Å². The van der Waals surface area contributed by atoms with Gasteiger partial charge in [-0.3, -0.25) is 0 Å². The third-order valence-corrected chi connectivity index (χ3v) is 3.21. The summed E-state index contributed by atoms with van der Waals surface area (Å²) in [5.41, 5.74) is 1.26. The summed E-state index contributed by atoms with van der Waals surface area (Å²) in [6.07, 6.45) is 3.91. The fraction of sp³-hybridized carbons (Fsp3) is 0.357. The number of imidazole rings is 1. The zero-order valence-electron chi connectivity index (χ0n) is 11.2. The second-order valence-electron chi connectivity index (χ2n) is 4.74. The first kappa shape index (κ1) is 14.4. The molecule has 6 nitrogen and oxygen atoms in total. The lowest BCUT2D eigenvalue weighted by Crippen LogP contribution is -2.36. The molecule has 5 N–H and O–H groups in total. The molecule has 0 aliphatic heterocycles. The van der Waals surface area contributed by atoms with Gasteiger partial charge in [-0.25, -0.2) is 4.98 Å². The summed E-state index contributed by atoms with van der Waals surface area (Å²) in [7, 11) is 0. The van der Waals surface area contributed by atoms with Crippen molar-refractivity contribution in [3.63, 3.8) is 0 Å². The van der Waals surface area contributed by atoms with Crippen LogP contribution in [0, 0.1) is 0 Å². The number of phenolic OH excluding ortho intramolecular Hbond substituents is 2. The summed E-state index contributed by atoms with van der Waals surface area (Å²) in [5.74, 6) is 0.0583. The molecule has 0 radical (unpaired) electrons. The second kappa shape index (κ2) is 6.40. The van der Waals surface area contributed by atoms with Crippen LogP contribution >= 0.6 is 0 Å². The van der Waals surface area contributed by atoms with Gasteiger partial charge in [-0.05, 0) is 19.1 Å². The van der Waals surface area contributed by atoms with Gasteiger partial charge in [-0.1, -0.05) is 6.07 Å². The van der Waals surface area contributed by atoms with E-state index in [0.717, 1.165) is 5.69 Å². The summed E-state index contributed by atoms with van der Waals surface area (Å²) in [6.45, 7) is 1.76. The molecule has 0 saturated carbocycles. The van der Waals surface area contributed by atoms with Gasteiger partial charge in [0.05, 0.1) is 24.2 Å². The molecule has 2 unspecified atom stereocenters. The number of nitrogens with one attached hydrogen (secondary N) is 2. The number of nitrogens with zero attached hydrogens (tertiary/aromatic N) is 1. The number of aromatic amines is 1. The van der Waals surface area contributed by atoms with Crippen molar-refractivity contribution in [3.8, 4) is 11.5 Å². The predicted molar refractivity (Wildman–Crippen MR) is 74.5 cm³/mol. The molecule has 108 valence electrons. The maximum Gasteiger partial charge on any atom is 0.124 e. The monoisotopic (exact) mass is 277 g/mol. The van der Waals surface area contributed by atoms with Crippen molar-refractivity contribution in [2.75, 3.05) is 6.61 Å². The minimum Gasteiger partial charge on any atom is -0.507 e. The first-order valence-corrected chi connectivity index (χ1v) is 6.47. The Balaban J connectivity index is 2.07. The SMILES string of the molecule is CC(NC(CO)Cc1c[nH]cn1)c1c(O)cccc1O. The third kappa shape index (κ3) is 3.28. The third-order valence-electron chi connectivity index (χ3n) is 3.21. The van der Waals surface area contributed by atoms with E-state index in [2.05, 4.69) is 15.3 Å². The number of H-pyrrole nitrogens is 1. The normalized spacial score (nSPS) is 14.1. The summed E-state index contributed by atoms with van der Waals surface area (Å²) < 4.78 is 0. The summed E-state index contributed by atoms with van der Waals surface area (Å²) >= 11 is 0. The number of aromatic nitrogens is 2. The highest BCUT2D eigenvalue weighted by molar-refractivity contribution is 5.44. The number of aromatic hydroxyl groups is 2. The molecule has 2 aromatic rings. The number of hydrogen-bond donors (Lipinski definition) is 5. The Labute approximate surface area is 117 Å². The molecule has 0 spiro atoms. The van der Waals surface area contributed by atoms with Crippen LogP contribution in [0.3, 0.4) is 0 Å². The number of aliphatic hydroxyl groups excluding tert-OH is 1. The Morgan fingerprint density at radius 3 is 2.55 bits per heavy atom. The number of rotatable bonds is 6. The van der Waals surface area contributed by atoms with E-state index in [1.165, 1.54) is 12.1 Å². The smallest absolute Gasteiger partial charge is 0.124 e. The van der Waals surface area contributed by atoms with Crippen molar-refractivity contribution < 1.29 is 15.3 Å². The maximum absolute atomic E-state index is 9.82. The zero-order valence-corrected chi connectivity index (χ0v) is 11.2. The molecule has 0 aliphatic carbocycles. The van der Waals surface area contributed by atoms with Crippen molar-refractivity contribution in [2.45, 2.75) is 25.4 Å². The molecule has 2 atom stereocenters. The van der Waals surface area contributed by atoms with Gasteiger partial charge in [0.25, 0.3) is 0 Å². The van der Waals surface area contributed by atoms with Gasteiger partial charge < -0.3 is 25.6 Å².